The first kappa shape index (κ1) is 15.8. The van der Waals surface area contributed by atoms with Crippen LogP contribution < -0.4 is 73.4 Å². The molecule has 0 atom stereocenters. The van der Waals surface area contributed by atoms with E-state index in [0.717, 1.165) is 0 Å². The number of hydrogen-bond donors (Lipinski definition) is 0. The molecule has 0 amide bonds. The van der Waals surface area contributed by atoms with Crippen molar-refractivity contribution in [1.29, 1.82) is 0 Å². The number of hydrogen-bond acceptors (Lipinski definition) is 3. The van der Waals surface area contributed by atoms with E-state index in [0.29, 0.717) is 5.75 Å². The van der Waals surface area contributed by atoms with E-state index in [9.17, 15) is 9.79 Å². The fourth-order valence-corrected chi connectivity index (χ4v) is 0.861. The van der Waals surface area contributed by atoms with Gasteiger partial charge in [0.05, 0.1) is 0 Å². The van der Waals surface area contributed by atoms with E-state index >= 15 is 0 Å². The summed E-state index contributed by atoms with van der Waals surface area (Å²) in [6.07, 6.45) is 0. The van der Waals surface area contributed by atoms with Crippen LogP contribution >= 0.6 is 8.60 Å². The molecule has 54 valence electrons. The number of para-hydroxylation sites is 1. The molecule has 0 heterocycles. The molecule has 0 unspecified atom stereocenters. The van der Waals surface area contributed by atoms with Crippen molar-refractivity contribution in [3.63, 3.8) is 0 Å². The van der Waals surface area contributed by atoms with Gasteiger partial charge < -0.3 is 14.3 Å². The zero-order valence-corrected chi connectivity index (χ0v) is 12.0. The summed E-state index contributed by atoms with van der Waals surface area (Å²) in [5, 5.41) is 0. The molecule has 1 rings (SSSR count). The average Bonchev–Trinajstić information content (AvgIpc) is 1.88. The molecule has 0 bridgehead atoms. The molecule has 0 aromatic heterocycles. The van der Waals surface area contributed by atoms with Crippen LogP contribution in [-0.4, -0.2) is 0 Å². The molecular formula is C6H5Na2O3P. The van der Waals surface area contributed by atoms with E-state index < -0.39 is 8.60 Å². The standard InChI is InChI=1S/C6H5O3P.2Na/c7-10(8)9-6-4-2-1-3-5-6;;/h1-5H;;/q-2;2*+1. The Hall–Kier alpha value is 1.37. The molecule has 3 nitrogen and oxygen atoms in total. The third-order valence-electron chi connectivity index (χ3n) is 0.923. The van der Waals surface area contributed by atoms with Crippen LogP contribution in [0.15, 0.2) is 30.3 Å². The largest absolute Gasteiger partial charge is 1.00 e. The van der Waals surface area contributed by atoms with Gasteiger partial charge in [0, 0.05) is 0 Å². The van der Waals surface area contributed by atoms with Gasteiger partial charge in [-0.2, -0.15) is 0 Å². The Morgan fingerprint density at radius 3 is 1.92 bits per heavy atom. The van der Waals surface area contributed by atoms with Crippen LogP contribution in [0, 0.1) is 0 Å². The fraction of sp³-hybridized carbons (Fsp3) is 0. The van der Waals surface area contributed by atoms with E-state index in [-0.39, 0.29) is 59.1 Å². The molecule has 0 N–H and O–H groups in total. The van der Waals surface area contributed by atoms with Crippen molar-refractivity contribution in [2.45, 2.75) is 0 Å². The first-order valence-electron chi connectivity index (χ1n) is 2.66. The molecule has 12 heavy (non-hydrogen) atoms. The van der Waals surface area contributed by atoms with Crippen molar-refractivity contribution in [3.05, 3.63) is 30.3 Å². The van der Waals surface area contributed by atoms with Crippen LogP contribution in [0.3, 0.4) is 0 Å². The molecule has 0 radical (unpaired) electrons. The van der Waals surface area contributed by atoms with Crippen LogP contribution in [0.5, 0.6) is 5.75 Å². The molecule has 0 saturated heterocycles. The van der Waals surface area contributed by atoms with Crippen LogP contribution in [0.1, 0.15) is 0 Å². The van der Waals surface area contributed by atoms with Crippen molar-refractivity contribution in [2.75, 3.05) is 0 Å². The van der Waals surface area contributed by atoms with E-state index in [4.69, 9.17) is 0 Å². The van der Waals surface area contributed by atoms with Crippen molar-refractivity contribution in [1.82, 2.24) is 0 Å². The second kappa shape index (κ2) is 8.95. The second-order valence-corrected chi connectivity index (χ2v) is 2.26. The molecule has 0 fully saturated rings. The Morgan fingerprint density at radius 1 is 1.00 bits per heavy atom. The molecule has 0 aliphatic carbocycles. The van der Waals surface area contributed by atoms with Crippen molar-refractivity contribution in [2.24, 2.45) is 0 Å². The summed E-state index contributed by atoms with van der Waals surface area (Å²) in [6, 6.07) is 8.34. The van der Waals surface area contributed by atoms with Gasteiger partial charge in [-0.25, -0.2) is 0 Å². The van der Waals surface area contributed by atoms with Gasteiger partial charge in [-0.15, -0.1) is 0 Å². The van der Waals surface area contributed by atoms with E-state index in [2.05, 4.69) is 4.52 Å². The normalized spacial score (nSPS) is 8.25. The van der Waals surface area contributed by atoms with E-state index in [1.54, 1.807) is 30.3 Å². The fourth-order valence-electron chi connectivity index (χ4n) is 0.567. The molecule has 0 saturated carbocycles. The third kappa shape index (κ3) is 6.84. The summed E-state index contributed by atoms with van der Waals surface area (Å²) in [7, 11) is -2.78. The molecule has 1 aromatic rings. The number of benzene rings is 1. The van der Waals surface area contributed by atoms with E-state index in [1.165, 1.54) is 0 Å². The smallest absolute Gasteiger partial charge is 0.810 e. The minimum Gasteiger partial charge on any atom is -0.810 e. The number of rotatable bonds is 2. The summed E-state index contributed by atoms with van der Waals surface area (Å²) in [5.41, 5.74) is 0. The first-order chi connectivity index (χ1) is 4.79. The predicted octanol–water partition coefficient (Wildman–Crippen LogP) is -5.98. The third-order valence-corrected chi connectivity index (χ3v) is 1.28. The minimum absolute atomic E-state index is 0. The quantitative estimate of drug-likeness (QED) is 0.354. The molecule has 0 aliphatic rings. The monoisotopic (exact) mass is 202 g/mol. The van der Waals surface area contributed by atoms with Crippen LogP contribution in [0.2, 0.25) is 0 Å². The summed E-state index contributed by atoms with van der Waals surface area (Å²) in [4.78, 5) is 20.0. The molecular weight excluding hydrogens is 197 g/mol. The van der Waals surface area contributed by atoms with Gasteiger partial charge in [0.1, 0.15) is 5.75 Å². The van der Waals surface area contributed by atoms with Gasteiger partial charge in [-0.3, -0.25) is 0 Å². The minimum atomic E-state index is -2.78. The first-order valence-corrected chi connectivity index (χ1v) is 3.76. The molecule has 1 aromatic carbocycles. The Morgan fingerprint density at radius 2 is 1.50 bits per heavy atom. The van der Waals surface area contributed by atoms with Crippen molar-refractivity contribution in [3.8, 4) is 5.75 Å². The Labute approximate surface area is 117 Å². The maximum Gasteiger partial charge on any atom is 1.00 e. The molecule has 0 spiro atoms. The summed E-state index contributed by atoms with van der Waals surface area (Å²) in [5.74, 6) is 0.346. The van der Waals surface area contributed by atoms with Gasteiger partial charge in [0.15, 0.2) is 0 Å². The Kier molecular flexibility index (Phi) is 11.8. The zero-order valence-electron chi connectivity index (χ0n) is 7.06. The summed E-state index contributed by atoms with van der Waals surface area (Å²) < 4.78 is 4.37. The topological polar surface area (TPSA) is 55.3 Å². The van der Waals surface area contributed by atoms with Crippen LogP contribution in [0.25, 0.3) is 0 Å². The van der Waals surface area contributed by atoms with Gasteiger partial charge in [0.2, 0.25) is 0 Å². The summed E-state index contributed by atoms with van der Waals surface area (Å²) in [6.45, 7) is 0. The van der Waals surface area contributed by atoms with Crippen molar-refractivity contribution < 1.29 is 73.4 Å². The van der Waals surface area contributed by atoms with Gasteiger partial charge in [-0.1, -0.05) is 26.8 Å². The van der Waals surface area contributed by atoms with Gasteiger partial charge in [-0.05, 0) is 12.1 Å². The van der Waals surface area contributed by atoms with Crippen LogP contribution in [-0.2, 0) is 0 Å². The van der Waals surface area contributed by atoms with Crippen molar-refractivity contribution >= 4 is 8.60 Å². The van der Waals surface area contributed by atoms with Gasteiger partial charge in [0.25, 0.3) is 0 Å². The Balaban J connectivity index is 0. The maximum absolute atomic E-state index is 9.98. The second-order valence-electron chi connectivity index (χ2n) is 1.63. The Bertz CT molecular complexity index is 195. The van der Waals surface area contributed by atoms with E-state index in [1.807, 2.05) is 0 Å². The van der Waals surface area contributed by atoms with Gasteiger partial charge >= 0.3 is 59.1 Å². The predicted molar refractivity (Wildman–Crippen MR) is 34.0 cm³/mol. The average molecular weight is 202 g/mol. The SMILES string of the molecule is [Na+].[Na+].[O-]P([O-])Oc1ccccc1. The maximum atomic E-state index is 9.98. The molecule has 0 aliphatic heterocycles. The molecule has 6 heteroatoms. The zero-order chi connectivity index (χ0) is 7.40. The van der Waals surface area contributed by atoms with Crippen LogP contribution in [0.4, 0.5) is 0 Å². The summed E-state index contributed by atoms with van der Waals surface area (Å²) >= 11 is 0.